The Labute approximate surface area is 98.9 Å². The molecular formula is C12H26N2O2. The first kappa shape index (κ1) is 13.9. The van der Waals surface area contributed by atoms with Crippen LogP contribution in [0.3, 0.4) is 0 Å². The number of nitrogens with one attached hydrogen (secondary N) is 1. The van der Waals surface area contributed by atoms with Crippen molar-refractivity contribution in [3.8, 4) is 0 Å². The highest BCUT2D eigenvalue weighted by Gasteiger charge is 2.35. The number of hydrogen-bond donors (Lipinski definition) is 2. The number of methoxy groups -OCH3 is 1. The molecule has 0 aromatic heterocycles. The Balaban J connectivity index is 2.50. The smallest absolute Gasteiger partial charge is 0.0779 e. The summed E-state index contributed by atoms with van der Waals surface area (Å²) in [5, 5.41) is 3.50. The van der Waals surface area contributed by atoms with Crippen molar-refractivity contribution in [3.63, 3.8) is 0 Å². The Kier molecular flexibility index (Phi) is 4.73. The minimum atomic E-state index is -0.191. The Morgan fingerprint density at radius 3 is 2.75 bits per heavy atom. The van der Waals surface area contributed by atoms with Crippen LogP contribution < -0.4 is 11.1 Å². The van der Waals surface area contributed by atoms with E-state index >= 15 is 0 Å². The molecule has 1 aliphatic heterocycles. The van der Waals surface area contributed by atoms with Gasteiger partial charge in [-0.1, -0.05) is 0 Å². The van der Waals surface area contributed by atoms with E-state index in [1.165, 1.54) is 0 Å². The molecule has 0 aliphatic carbocycles. The van der Waals surface area contributed by atoms with E-state index in [1.807, 2.05) is 6.92 Å². The molecule has 96 valence electrons. The fourth-order valence-corrected chi connectivity index (χ4v) is 2.01. The first-order valence-electron chi connectivity index (χ1n) is 6.08. The summed E-state index contributed by atoms with van der Waals surface area (Å²) >= 11 is 0. The third kappa shape index (κ3) is 3.17. The standard InChI is InChI=1S/C12H26N2O2/c1-10(15-4)12(3,8-13)14-9-11(2)6-5-7-16-11/h10,14H,5-9,13H2,1-4H3. The summed E-state index contributed by atoms with van der Waals surface area (Å²) in [6, 6.07) is 0. The molecule has 0 radical (unpaired) electrons. The number of nitrogens with two attached hydrogens (primary N) is 1. The summed E-state index contributed by atoms with van der Waals surface area (Å²) < 4.78 is 11.1. The normalized spacial score (nSPS) is 31.3. The molecule has 3 atom stereocenters. The highest BCUT2D eigenvalue weighted by molar-refractivity contribution is 4.94. The third-order valence-corrected chi connectivity index (χ3v) is 3.84. The molecule has 0 spiro atoms. The molecule has 4 heteroatoms. The van der Waals surface area contributed by atoms with Gasteiger partial charge in [0.1, 0.15) is 0 Å². The van der Waals surface area contributed by atoms with Crippen LogP contribution in [-0.4, -0.2) is 44.1 Å². The van der Waals surface area contributed by atoms with Crippen LogP contribution in [0.1, 0.15) is 33.6 Å². The molecule has 1 fully saturated rings. The molecule has 0 aromatic rings. The average molecular weight is 230 g/mol. The van der Waals surface area contributed by atoms with Gasteiger partial charge >= 0.3 is 0 Å². The van der Waals surface area contributed by atoms with Crippen molar-refractivity contribution in [2.75, 3.05) is 26.8 Å². The van der Waals surface area contributed by atoms with E-state index in [-0.39, 0.29) is 17.2 Å². The van der Waals surface area contributed by atoms with Crippen molar-refractivity contribution in [2.24, 2.45) is 5.73 Å². The molecule has 3 N–H and O–H groups in total. The van der Waals surface area contributed by atoms with Crippen LogP contribution in [0, 0.1) is 0 Å². The van der Waals surface area contributed by atoms with Gasteiger partial charge in [0.05, 0.1) is 17.2 Å². The molecule has 0 aromatic carbocycles. The number of ether oxygens (including phenoxy) is 2. The molecule has 0 bridgehead atoms. The summed E-state index contributed by atoms with van der Waals surface area (Å²) in [6.07, 6.45) is 2.35. The molecule has 0 saturated carbocycles. The van der Waals surface area contributed by atoms with Gasteiger partial charge in [-0.25, -0.2) is 0 Å². The highest BCUT2D eigenvalue weighted by atomic mass is 16.5. The highest BCUT2D eigenvalue weighted by Crippen LogP contribution is 2.25. The van der Waals surface area contributed by atoms with Crippen LogP contribution in [0.5, 0.6) is 0 Å². The predicted molar refractivity (Wildman–Crippen MR) is 65.5 cm³/mol. The lowest BCUT2D eigenvalue weighted by molar-refractivity contribution is -0.00446. The van der Waals surface area contributed by atoms with Gasteiger partial charge < -0.3 is 20.5 Å². The van der Waals surface area contributed by atoms with Gasteiger partial charge in [0.15, 0.2) is 0 Å². The zero-order valence-corrected chi connectivity index (χ0v) is 11.0. The molecular weight excluding hydrogens is 204 g/mol. The van der Waals surface area contributed by atoms with E-state index in [1.54, 1.807) is 7.11 Å². The molecule has 0 amide bonds. The quantitative estimate of drug-likeness (QED) is 0.712. The fourth-order valence-electron chi connectivity index (χ4n) is 2.01. The minimum absolute atomic E-state index is 0.0378. The Bertz CT molecular complexity index is 217. The zero-order chi connectivity index (χ0) is 12.2. The van der Waals surface area contributed by atoms with E-state index in [0.29, 0.717) is 6.54 Å². The van der Waals surface area contributed by atoms with E-state index in [2.05, 4.69) is 19.2 Å². The van der Waals surface area contributed by atoms with Crippen molar-refractivity contribution in [3.05, 3.63) is 0 Å². The van der Waals surface area contributed by atoms with Gasteiger partial charge in [-0.2, -0.15) is 0 Å². The van der Waals surface area contributed by atoms with Gasteiger partial charge in [0, 0.05) is 26.8 Å². The van der Waals surface area contributed by atoms with E-state index in [9.17, 15) is 0 Å². The van der Waals surface area contributed by atoms with Crippen molar-refractivity contribution < 1.29 is 9.47 Å². The average Bonchev–Trinajstić information content (AvgIpc) is 2.72. The minimum Gasteiger partial charge on any atom is -0.380 e. The largest absolute Gasteiger partial charge is 0.380 e. The Morgan fingerprint density at radius 1 is 1.62 bits per heavy atom. The van der Waals surface area contributed by atoms with Gasteiger partial charge in [-0.3, -0.25) is 0 Å². The van der Waals surface area contributed by atoms with Crippen LogP contribution in [0.25, 0.3) is 0 Å². The maximum absolute atomic E-state index is 5.83. The lowest BCUT2D eigenvalue weighted by Crippen LogP contribution is -2.59. The fraction of sp³-hybridized carbons (Fsp3) is 1.00. The second kappa shape index (κ2) is 5.45. The van der Waals surface area contributed by atoms with Crippen LogP contribution in [-0.2, 0) is 9.47 Å². The van der Waals surface area contributed by atoms with Crippen LogP contribution in [0.4, 0.5) is 0 Å². The predicted octanol–water partition coefficient (Wildman–Crippen LogP) is 0.897. The number of hydrogen-bond acceptors (Lipinski definition) is 4. The molecule has 1 saturated heterocycles. The second-order valence-electron chi connectivity index (χ2n) is 5.25. The Morgan fingerprint density at radius 2 is 2.31 bits per heavy atom. The van der Waals surface area contributed by atoms with E-state index in [4.69, 9.17) is 15.2 Å². The van der Waals surface area contributed by atoms with Crippen LogP contribution in [0.15, 0.2) is 0 Å². The Hall–Kier alpha value is -0.160. The SMILES string of the molecule is COC(C)C(C)(CN)NCC1(C)CCCO1. The summed E-state index contributed by atoms with van der Waals surface area (Å²) in [5.41, 5.74) is 5.60. The lowest BCUT2D eigenvalue weighted by atomic mass is 9.93. The van der Waals surface area contributed by atoms with Crippen LogP contribution in [0.2, 0.25) is 0 Å². The molecule has 1 heterocycles. The topological polar surface area (TPSA) is 56.5 Å². The maximum atomic E-state index is 5.83. The van der Waals surface area contributed by atoms with Gasteiger partial charge in [0.25, 0.3) is 0 Å². The second-order valence-corrected chi connectivity index (χ2v) is 5.25. The van der Waals surface area contributed by atoms with Gasteiger partial charge in [-0.05, 0) is 33.6 Å². The van der Waals surface area contributed by atoms with Crippen molar-refractivity contribution in [1.82, 2.24) is 5.32 Å². The van der Waals surface area contributed by atoms with Gasteiger partial charge in [-0.15, -0.1) is 0 Å². The molecule has 1 rings (SSSR count). The van der Waals surface area contributed by atoms with Crippen LogP contribution >= 0.6 is 0 Å². The van der Waals surface area contributed by atoms with Crippen molar-refractivity contribution in [2.45, 2.75) is 50.9 Å². The summed E-state index contributed by atoms with van der Waals surface area (Å²) in [4.78, 5) is 0. The summed E-state index contributed by atoms with van der Waals surface area (Å²) in [7, 11) is 1.72. The zero-order valence-electron chi connectivity index (χ0n) is 11.0. The first-order chi connectivity index (χ1) is 7.46. The van der Waals surface area contributed by atoms with Crippen molar-refractivity contribution >= 4 is 0 Å². The van der Waals surface area contributed by atoms with E-state index in [0.717, 1.165) is 26.0 Å². The maximum Gasteiger partial charge on any atom is 0.0779 e. The molecule has 3 unspecified atom stereocenters. The van der Waals surface area contributed by atoms with E-state index < -0.39 is 0 Å². The molecule has 16 heavy (non-hydrogen) atoms. The lowest BCUT2D eigenvalue weighted by Gasteiger charge is -2.37. The third-order valence-electron chi connectivity index (χ3n) is 3.84. The first-order valence-corrected chi connectivity index (χ1v) is 6.08. The summed E-state index contributed by atoms with van der Waals surface area (Å²) in [6.45, 7) is 8.54. The molecule has 4 nitrogen and oxygen atoms in total. The monoisotopic (exact) mass is 230 g/mol. The number of rotatable bonds is 6. The van der Waals surface area contributed by atoms with Crippen molar-refractivity contribution in [1.29, 1.82) is 0 Å². The van der Waals surface area contributed by atoms with Gasteiger partial charge in [0.2, 0.25) is 0 Å². The summed E-state index contributed by atoms with van der Waals surface area (Å²) in [5.74, 6) is 0. The molecule has 1 aliphatic rings.